The van der Waals surface area contributed by atoms with Crippen LogP contribution in [0.5, 0.6) is 11.5 Å². The third kappa shape index (κ3) is 4.33. The standard InChI is InChI=1S/C38H30N2O2/c1-38(2,3)27-20-18-25(19-21-27)37(40)42-36(39)24-16-14-23(15-17-24)29-10-6-13-32-31-12-7-11-30-28-9-5-4-8-26(28)22-33(34(30)31)41-35(29)32/h4-22,39-40H,1-3H3. The molecule has 6 aromatic rings. The average molecular weight is 547 g/mol. The largest absolute Gasteiger partial charge is 0.455 e. The summed E-state index contributed by atoms with van der Waals surface area (Å²) >= 11 is 0. The molecule has 0 fully saturated rings. The first kappa shape index (κ1) is 25.7. The van der Waals surface area contributed by atoms with Crippen LogP contribution >= 0.6 is 0 Å². The maximum atomic E-state index is 8.50. The van der Waals surface area contributed by atoms with Gasteiger partial charge in [-0.15, -0.1) is 0 Å². The normalized spacial score (nSPS) is 12.1. The van der Waals surface area contributed by atoms with Gasteiger partial charge in [-0.2, -0.15) is 0 Å². The van der Waals surface area contributed by atoms with Crippen molar-refractivity contribution in [3.63, 3.8) is 0 Å². The number of nitrogens with one attached hydrogen (secondary N) is 2. The molecule has 0 bridgehead atoms. The number of hydrogen-bond donors (Lipinski definition) is 2. The van der Waals surface area contributed by atoms with Crippen LogP contribution in [0.3, 0.4) is 0 Å². The molecule has 4 heteroatoms. The SMILES string of the molecule is CC(C)(C)c1ccc(C(=N)OC(=N)c2ccc(-c3cccc4c3Oc3cc5ccccc5c5cccc-4c35)cc2)cc1. The molecule has 0 spiro atoms. The minimum Gasteiger partial charge on any atom is -0.455 e. The molecule has 0 unspecified atom stereocenters. The smallest absolute Gasteiger partial charge is 0.221 e. The lowest BCUT2D eigenvalue weighted by Crippen LogP contribution is -2.14. The topological polar surface area (TPSA) is 66.2 Å². The number of ether oxygens (including phenoxy) is 2. The maximum absolute atomic E-state index is 8.50. The van der Waals surface area contributed by atoms with E-state index in [0.29, 0.717) is 11.1 Å². The summed E-state index contributed by atoms with van der Waals surface area (Å²) in [6.07, 6.45) is 0. The van der Waals surface area contributed by atoms with Gasteiger partial charge in [0.1, 0.15) is 11.5 Å². The van der Waals surface area contributed by atoms with E-state index in [4.69, 9.17) is 20.3 Å². The van der Waals surface area contributed by atoms with Crippen molar-refractivity contribution >= 4 is 33.3 Å². The van der Waals surface area contributed by atoms with E-state index in [1.165, 1.54) is 16.3 Å². The Labute approximate surface area is 245 Å². The van der Waals surface area contributed by atoms with Crippen molar-refractivity contribution in [3.05, 3.63) is 132 Å². The van der Waals surface area contributed by atoms with E-state index in [1.807, 2.05) is 48.5 Å². The molecule has 0 radical (unpaired) electrons. The minimum atomic E-state index is -0.0646. The second-order valence-electron chi connectivity index (χ2n) is 11.8. The van der Waals surface area contributed by atoms with Gasteiger partial charge in [-0.05, 0) is 68.6 Å². The highest BCUT2D eigenvalue weighted by molar-refractivity contribution is 6.16. The molecule has 7 rings (SSSR count). The molecular formula is C38H30N2O2. The van der Waals surface area contributed by atoms with Gasteiger partial charge >= 0.3 is 0 Å². The fourth-order valence-electron chi connectivity index (χ4n) is 5.77. The number of fused-ring (bicyclic) bond motifs is 4. The monoisotopic (exact) mass is 546 g/mol. The van der Waals surface area contributed by atoms with E-state index in [9.17, 15) is 0 Å². The second kappa shape index (κ2) is 9.71. The highest BCUT2D eigenvalue weighted by atomic mass is 16.5. The number of para-hydroxylation sites is 1. The fraction of sp³-hybridized carbons (Fsp3) is 0.105. The summed E-state index contributed by atoms with van der Waals surface area (Å²) in [6.45, 7) is 6.46. The van der Waals surface area contributed by atoms with Gasteiger partial charge in [0.05, 0.1) is 0 Å². The molecule has 0 aliphatic carbocycles. The zero-order chi connectivity index (χ0) is 29.0. The van der Waals surface area contributed by atoms with Crippen LogP contribution in [-0.2, 0) is 10.2 Å². The third-order valence-corrected chi connectivity index (χ3v) is 8.04. The molecule has 0 saturated carbocycles. The van der Waals surface area contributed by atoms with Crippen molar-refractivity contribution in [2.24, 2.45) is 0 Å². The lowest BCUT2D eigenvalue weighted by atomic mass is 9.87. The van der Waals surface area contributed by atoms with Gasteiger partial charge in [-0.3, -0.25) is 10.8 Å². The molecule has 1 heterocycles. The lowest BCUT2D eigenvalue weighted by Gasteiger charge is -2.24. The van der Waals surface area contributed by atoms with Crippen LogP contribution in [0.1, 0.15) is 37.5 Å². The van der Waals surface area contributed by atoms with Crippen LogP contribution in [0.25, 0.3) is 43.8 Å². The Morgan fingerprint density at radius 3 is 1.93 bits per heavy atom. The number of rotatable bonds is 3. The highest BCUT2D eigenvalue weighted by Crippen LogP contribution is 2.51. The van der Waals surface area contributed by atoms with E-state index in [1.54, 1.807) is 0 Å². The van der Waals surface area contributed by atoms with Gasteiger partial charge < -0.3 is 9.47 Å². The van der Waals surface area contributed by atoms with Crippen LogP contribution in [0.15, 0.2) is 115 Å². The number of hydrogen-bond acceptors (Lipinski definition) is 4. The summed E-state index contributed by atoms with van der Waals surface area (Å²) < 4.78 is 12.3. The quantitative estimate of drug-likeness (QED) is 0.132. The molecule has 4 nitrogen and oxygen atoms in total. The molecule has 204 valence electrons. The van der Waals surface area contributed by atoms with E-state index >= 15 is 0 Å². The van der Waals surface area contributed by atoms with E-state index in [2.05, 4.69) is 87.5 Å². The van der Waals surface area contributed by atoms with Crippen molar-refractivity contribution in [2.75, 3.05) is 0 Å². The molecular weight excluding hydrogens is 516 g/mol. The Bertz CT molecular complexity index is 2030. The third-order valence-electron chi connectivity index (χ3n) is 8.04. The van der Waals surface area contributed by atoms with Gasteiger partial charge in [0, 0.05) is 27.6 Å². The molecule has 0 amide bonds. The first-order chi connectivity index (χ1) is 20.3. The van der Waals surface area contributed by atoms with Gasteiger partial charge in [-0.25, -0.2) is 0 Å². The van der Waals surface area contributed by atoms with E-state index < -0.39 is 0 Å². The van der Waals surface area contributed by atoms with Gasteiger partial charge in [0.25, 0.3) is 0 Å². The van der Waals surface area contributed by atoms with Crippen LogP contribution < -0.4 is 4.74 Å². The van der Waals surface area contributed by atoms with E-state index in [0.717, 1.165) is 44.5 Å². The molecule has 2 N–H and O–H groups in total. The zero-order valence-electron chi connectivity index (χ0n) is 23.8. The summed E-state index contributed by atoms with van der Waals surface area (Å²) in [5.41, 5.74) is 6.64. The fourth-order valence-corrected chi connectivity index (χ4v) is 5.77. The van der Waals surface area contributed by atoms with Crippen LogP contribution in [0.2, 0.25) is 0 Å². The van der Waals surface area contributed by atoms with Crippen molar-refractivity contribution in [1.82, 2.24) is 0 Å². The molecule has 0 atom stereocenters. The zero-order valence-corrected chi connectivity index (χ0v) is 23.8. The second-order valence-corrected chi connectivity index (χ2v) is 11.8. The van der Waals surface area contributed by atoms with Gasteiger partial charge in [0.2, 0.25) is 11.8 Å². The molecule has 42 heavy (non-hydrogen) atoms. The summed E-state index contributed by atoms with van der Waals surface area (Å²) in [4.78, 5) is 0. The Hall–Kier alpha value is -5.22. The first-order valence-electron chi connectivity index (χ1n) is 14.1. The van der Waals surface area contributed by atoms with Gasteiger partial charge in [-0.1, -0.05) is 106 Å². The molecule has 6 aromatic carbocycles. The van der Waals surface area contributed by atoms with Gasteiger partial charge in [0.15, 0.2) is 0 Å². The summed E-state index contributed by atoms with van der Waals surface area (Å²) in [5, 5.41) is 21.6. The van der Waals surface area contributed by atoms with Crippen molar-refractivity contribution < 1.29 is 9.47 Å². The van der Waals surface area contributed by atoms with Crippen LogP contribution in [-0.4, -0.2) is 11.8 Å². The Kier molecular flexibility index (Phi) is 5.95. The number of benzene rings is 6. The minimum absolute atomic E-state index is 0.0319. The Morgan fingerprint density at radius 1 is 0.619 bits per heavy atom. The molecule has 1 aliphatic rings. The average Bonchev–Trinajstić information content (AvgIpc) is 3.00. The summed E-state index contributed by atoms with van der Waals surface area (Å²) in [7, 11) is 0. The van der Waals surface area contributed by atoms with Crippen molar-refractivity contribution in [2.45, 2.75) is 26.2 Å². The summed E-state index contributed by atoms with van der Waals surface area (Å²) in [6, 6.07) is 38.7. The Balaban J connectivity index is 1.18. The van der Waals surface area contributed by atoms with Crippen LogP contribution in [0.4, 0.5) is 0 Å². The first-order valence-corrected chi connectivity index (χ1v) is 14.1. The van der Waals surface area contributed by atoms with Crippen LogP contribution in [0, 0.1) is 10.8 Å². The molecule has 0 aromatic heterocycles. The maximum Gasteiger partial charge on any atom is 0.221 e. The highest BCUT2D eigenvalue weighted by Gasteiger charge is 2.24. The van der Waals surface area contributed by atoms with Crippen molar-refractivity contribution in [3.8, 4) is 33.8 Å². The Morgan fingerprint density at radius 2 is 1.21 bits per heavy atom. The molecule has 0 saturated heterocycles. The predicted molar refractivity (Wildman–Crippen MR) is 172 cm³/mol. The van der Waals surface area contributed by atoms with Crippen molar-refractivity contribution in [1.29, 1.82) is 10.8 Å². The summed E-state index contributed by atoms with van der Waals surface area (Å²) in [5.74, 6) is 1.58. The predicted octanol–water partition coefficient (Wildman–Crippen LogP) is 10.1. The van der Waals surface area contributed by atoms with E-state index in [-0.39, 0.29) is 17.2 Å². The lowest BCUT2D eigenvalue weighted by molar-refractivity contribution is 0.489. The molecule has 1 aliphatic heterocycles.